The van der Waals surface area contributed by atoms with Gasteiger partial charge in [0, 0.05) is 43.9 Å². The largest absolute Gasteiger partial charge is 0.496 e. The molecule has 6 heteroatoms. The minimum atomic E-state index is 0.246. The predicted molar refractivity (Wildman–Crippen MR) is 106 cm³/mol. The second kappa shape index (κ2) is 8.13. The zero-order valence-corrected chi connectivity index (χ0v) is 15.9. The number of ether oxygens (including phenoxy) is 1. The first kappa shape index (κ1) is 18.0. The Labute approximate surface area is 160 Å². The first-order valence-electron chi connectivity index (χ1n) is 9.85. The smallest absolute Gasteiger partial charge is 0.134 e. The average Bonchev–Trinajstić information content (AvgIpc) is 3.57. The van der Waals surface area contributed by atoms with E-state index in [0.717, 1.165) is 49.9 Å². The number of aromatic nitrogens is 2. The van der Waals surface area contributed by atoms with Crippen molar-refractivity contribution in [1.82, 2.24) is 9.97 Å². The van der Waals surface area contributed by atoms with Crippen LogP contribution in [0.15, 0.2) is 36.7 Å². The fourth-order valence-corrected chi connectivity index (χ4v) is 3.89. The molecule has 2 aliphatic rings. The van der Waals surface area contributed by atoms with Crippen LogP contribution in [0.25, 0.3) is 0 Å². The fraction of sp³-hybridized carbons (Fsp3) is 0.524. The monoisotopic (exact) mass is 368 g/mol. The number of aliphatic hydroxyl groups excluding tert-OH is 1. The summed E-state index contributed by atoms with van der Waals surface area (Å²) in [6.07, 6.45) is 6.26. The van der Waals surface area contributed by atoms with Gasteiger partial charge >= 0.3 is 0 Å². The standard InChI is InChI=1S/C21H28N4O2/c1-27-19-7-3-2-6-17(19)13-25(18-8-9-18)21-11-20(22-15-23-21)24-10-4-5-16(12-24)14-26/h2-3,6-7,11,15-16,18,26H,4-5,8-10,12-14H2,1H3/t16-/m0/s1. The molecule has 6 nitrogen and oxygen atoms in total. The summed E-state index contributed by atoms with van der Waals surface area (Å²) < 4.78 is 5.53. The van der Waals surface area contributed by atoms with Gasteiger partial charge in [0.05, 0.1) is 7.11 Å². The van der Waals surface area contributed by atoms with Gasteiger partial charge in [-0.25, -0.2) is 9.97 Å². The molecule has 0 bridgehead atoms. The van der Waals surface area contributed by atoms with Gasteiger partial charge in [-0.05, 0) is 37.7 Å². The molecule has 0 amide bonds. The van der Waals surface area contributed by atoms with Crippen LogP contribution in [-0.4, -0.2) is 47.9 Å². The summed E-state index contributed by atoms with van der Waals surface area (Å²) in [7, 11) is 1.72. The molecule has 1 aliphatic carbocycles. The summed E-state index contributed by atoms with van der Waals surface area (Å²) in [4.78, 5) is 13.8. The lowest BCUT2D eigenvalue weighted by Gasteiger charge is -2.33. The first-order valence-corrected chi connectivity index (χ1v) is 9.85. The summed E-state index contributed by atoms with van der Waals surface area (Å²) in [5.74, 6) is 3.19. The van der Waals surface area contributed by atoms with Crippen LogP contribution in [0.4, 0.5) is 11.6 Å². The van der Waals surface area contributed by atoms with Crippen molar-refractivity contribution in [3.63, 3.8) is 0 Å². The van der Waals surface area contributed by atoms with Crippen LogP contribution in [0.3, 0.4) is 0 Å². The number of benzene rings is 1. The SMILES string of the molecule is COc1ccccc1CN(c1cc(N2CCC[C@H](CO)C2)ncn1)C1CC1. The lowest BCUT2D eigenvalue weighted by atomic mass is 9.99. The highest BCUT2D eigenvalue weighted by molar-refractivity contribution is 5.53. The number of methoxy groups -OCH3 is 1. The maximum atomic E-state index is 9.51. The van der Waals surface area contributed by atoms with E-state index in [4.69, 9.17) is 4.74 Å². The third kappa shape index (κ3) is 4.16. The Morgan fingerprint density at radius 2 is 2.07 bits per heavy atom. The van der Waals surface area contributed by atoms with Gasteiger partial charge in [-0.1, -0.05) is 18.2 Å². The van der Waals surface area contributed by atoms with Crippen molar-refractivity contribution in [2.75, 3.05) is 36.6 Å². The van der Waals surface area contributed by atoms with Crippen LogP contribution < -0.4 is 14.5 Å². The molecule has 27 heavy (non-hydrogen) atoms. The number of nitrogens with zero attached hydrogens (tertiary/aromatic N) is 4. The highest BCUT2D eigenvalue weighted by atomic mass is 16.5. The lowest BCUT2D eigenvalue weighted by Crippen LogP contribution is -2.37. The molecule has 1 aliphatic heterocycles. The first-order chi connectivity index (χ1) is 13.3. The van der Waals surface area contributed by atoms with E-state index in [2.05, 4.69) is 38.0 Å². The number of rotatable bonds is 7. The number of hydrogen-bond acceptors (Lipinski definition) is 6. The number of hydrogen-bond donors (Lipinski definition) is 1. The molecule has 1 aromatic carbocycles. The molecule has 1 atom stereocenters. The third-order valence-electron chi connectivity index (χ3n) is 5.55. The molecule has 1 N–H and O–H groups in total. The average molecular weight is 368 g/mol. The maximum Gasteiger partial charge on any atom is 0.134 e. The van der Waals surface area contributed by atoms with Crippen LogP contribution in [-0.2, 0) is 6.54 Å². The predicted octanol–water partition coefficient (Wildman–Crippen LogP) is 2.86. The number of aliphatic hydroxyl groups is 1. The Hall–Kier alpha value is -2.34. The van der Waals surface area contributed by atoms with Gasteiger partial charge in [-0.3, -0.25) is 0 Å². The molecule has 2 heterocycles. The molecule has 0 unspecified atom stereocenters. The van der Waals surface area contributed by atoms with E-state index in [0.29, 0.717) is 12.0 Å². The Kier molecular flexibility index (Phi) is 5.43. The van der Waals surface area contributed by atoms with Crippen molar-refractivity contribution in [2.45, 2.75) is 38.3 Å². The molecular formula is C21H28N4O2. The summed E-state index contributed by atoms with van der Waals surface area (Å²) >= 11 is 0. The molecular weight excluding hydrogens is 340 g/mol. The van der Waals surface area contributed by atoms with Crippen molar-refractivity contribution in [2.24, 2.45) is 5.92 Å². The van der Waals surface area contributed by atoms with Crippen LogP contribution in [0.2, 0.25) is 0 Å². The Bertz CT molecular complexity index is 765. The molecule has 4 rings (SSSR count). The lowest BCUT2D eigenvalue weighted by molar-refractivity contribution is 0.208. The van der Waals surface area contributed by atoms with Crippen molar-refractivity contribution in [1.29, 1.82) is 0 Å². The Morgan fingerprint density at radius 1 is 1.22 bits per heavy atom. The second-order valence-electron chi connectivity index (χ2n) is 7.54. The van der Waals surface area contributed by atoms with E-state index < -0.39 is 0 Å². The van der Waals surface area contributed by atoms with E-state index >= 15 is 0 Å². The zero-order chi connectivity index (χ0) is 18.6. The quantitative estimate of drug-likeness (QED) is 0.811. The summed E-state index contributed by atoms with van der Waals surface area (Å²) in [5, 5.41) is 9.51. The van der Waals surface area contributed by atoms with Gasteiger partial charge in [-0.2, -0.15) is 0 Å². The van der Waals surface area contributed by atoms with Crippen molar-refractivity contribution in [3.8, 4) is 5.75 Å². The molecule has 144 valence electrons. The molecule has 2 aromatic rings. The molecule has 0 radical (unpaired) electrons. The highest BCUT2D eigenvalue weighted by Gasteiger charge is 2.31. The van der Waals surface area contributed by atoms with Crippen LogP contribution in [0.5, 0.6) is 5.75 Å². The van der Waals surface area contributed by atoms with Gasteiger partial charge < -0.3 is 19.6 Å². The highest BCUT2D eigenvalue weighted by Crippen LogP contribution is 2.34. The fourth-order valence-electron chi connectivity index (χ4n) is 3.89. The van der Waals surface area contributed by atoms with Crippen molar-refractivity contribution in [3.05, 3.63) is 42.2 Å². The van der Waals surface area contributed by atoms with Gasteiger partial charge in [0.1, 0.15) is 23.7 Å². The summed E-state index contributed by atoms with van der Waals surface area (Å²) in [6.45, 7) is 2.88. The van der Waals surface area contributed by atoms with Gasteiger partial charge in [0.2, 0.25) is 0 Å². The van der Waals surface area contributed by atoms with Gasteiger partial charge in [0.15, 0.2) is 0 Å². The van der Waals surface area contributed by atoms with E-state index in [1.165, 1.54) is 18.4 Å². The van der Waals surface area contributed by atoms with Crippen LogP contribution in [0, 0.1) is 5.92 Å². The van der Waals surface area contributed by atoms with Gasteiger partial charge in [0.25, 0.3) is 0 Å². The van der Waals surface area contributed by atoms with Crippen molar-refractivity contribution >= 4 is 11.6 Å². The zero-order valence-electron chi connectivity index (χ0n) is 15.9. The normalized spacial score (nSPS) is 19.8. The Balaban J connectivity index is 1.57. The Morgan fingerprint density at radius 3 is 2.85 bits per heavy atom. The molecule has 1 aromatic heterocycles. The van der Waals surface area contributed by atoms with Crippen LogP contribution in [0.1, 0.15) is 31.2 Å². The van der Waals surface area contributed by atoms with E-state index in [9.17, 15) is 5.11 Å². The van der Waals surface area contributed by atoms with E-state index in [1.807, 2.05) is 12.1 Å². The van der Waals surface area contributed by atoms with Crippen LogP contribution >= 0.6 is 0 Å². The second-order valence-corrected chi connectivity index (χ2v) is 7.54. The topological polar surface area (TPSA) is 61.7 Å². The minimum Gasteiger partial charge on any atom is -0.496 e. The van der Waals surface area contributed by atoms with E-state index in [1.54, 1.807) is 13.4 Å². The molecule has 1 saturated heterocycles. The number of para-hydroxylation sites is 1. The summed E-state index contributed by atoms with van der Waals surface area (Å²) in [6, 6.07) is 10.8. The summed E-state index contributed by atoms with van der Waals surface area (Å²) in [5.41, 5.74) is 1.17. The maximum absolute atomic E-state index is 9.51. The molecule has 0 spiro atoms. The van der Waals surface area contributed by atoms with E-state index in [-0.39, 0.29) is 6.61 Å². The van der Waals surface area contributed by atoms with Gasteiger partial charge in [-0.15, -0.1) is 0 Å². The minimum absolute atomic E-state index is 0.246. The third-order valence-corrected chi connectivity index (χ3v) is 5.55. The van der Waals surface area contributed by atoms with Crippen molar-refractivity contribution < 1.29 is 9.84 Å². The molecule has 1 saturated carbocycles. The molecule has 2 fully saturated rings. The number of anilines is 2. The number of piperidine rings is 1.